The second-order valence-electron chi connectivity index (χ2n) is 6.42. The van der Waals surface area contributed by atoms with E-state index in [9.17, 15) is 0 Å². The maximum absolute atomic E-state index is 4.35. The lowest BCUT2D eigenvalue weighted by Crippen LogP contribution is -2.52. The zero-order chi connectivity index (χ0) is 16.7. The number of aliphatic imine (C=N–C) groups is 1. The number of nitrogens with zero attached hydrogens (tertiary/aromatic N) is 3. The van der Waals surface area contributed by atoms with E-state index in [1.165, 1.54) is 5.56 Å². The highest BCUT2D eigenvalue weighted by Crippen LogP contribution is 2.10. The average Bonchev–Trinajstić information content (AvgIpc) is 2.59. The molecule has 0 bridgehead atoms. The van der Waals surface area contributed by atoms with Gasteiger partial charge in [0, 0.05) is 45.8 Å². The molecule has 0 amide bonds. The minimum atomic E-state index is 0. The molecule has 5 nitrogen and oxygen atoms in total. The minimum absolute atomic E-state index is 0. The van der Waals surface area contributed by atoms with Crippen molar-refractivity contribution in [2.45, 2.75) is 25.9 Å². The summed E-state index contributed by atoms with van der Waals surface area (Å²) in [5.41, 5.74) is 1.27. The van der Waals surface area contributed by atoms with Gasteiger partial charge >= 0.3 is 0 Å². The molecule has 0 radical (unpaired) electrons. The quantitative estimate of drug-likeness (QED) is 0.414. The van der Waals surface area contributed by atoms with E-state index in [1.807, 2.05) is 13.1 Å². The van der Waals surface area contributed by atoms with Gasteiger partial charge in [-0.15, -0.1) is 24.0 Å². The third-order valence-corrected chi connectivity index (χ3v) is 4.60. The highest BCUT2D eigenvalue weighted by atomic mass is 127. The van der Waals surface area contributed by atoms with Crippen molar-refractivity contribution in [3.63, 3.8) is 0 Å². The van der Waals surface area contributed by atoms with Crippen molar-refractivity contribution < 1.29 is 0 Å². The maximum Gasteiger partial charge on any atom is 0.191 e. The SMILES string of the molecule is CN=C(NCC(C)N1CCN(C)CC1)NC(C)c1ccccc1.I. The summed E-state index contributed by atoms with van der Waals surface area (Å²) in [6, 6.07) is 11.2. The molecular formula is C18H32IN5. The number of piperazine rings is 1. The molecule has 2 rings (SSSR count). The Morgan fingerprint density at radius 1 is 1.12 bits per heavy atom. The summed E-state index contributed by atoms with van der Waals surface area (Å²) in [5, 5.41) is 6.92. The van der Waals surface area contributed by atoms with Crippen LogP contribution in [0.4, 0.5) is 0 Å². The number of halogens is 1. The van der Waals surface area contributed by atoms with E-state index >= 15 is 0 Å². The fraction of sp³-hybridized carbons (Fsp3) is 0.611. The van der Waals surface area contributed by atoms with Crippen molar-refractivity contribution in [1.29, 1.82) is 0 Å². The molecule has 24 heavy (non-hydrogen) atoms. The molecule has 0 saturated carbocycles. The molecule has 6 heteroatoms. The smallest absolute Gasteiger partial charge is 0.191 e. The number of likely N-dealkylation sites (N-methyl/N-ethyl adjacent to an activating group) is 1. The Morgan fingerprint density at radius 3 is 2.33 bits per heavy atom. The van der Waals surface area contributed by atoms with E-state index in [-0.39, 0.29) is 30.0 Å². The predicted octanol–water partition coefficient (Wildman–Crippen LogP) is 2.17. The van der Waals surface area contributed by atoms with Crippen molar-refractivity contribution in [2.75, 3.05) is 46.8 Å². The van der Waals surface area contributed by atoms with Crippen LogP contribution in [0.1, 0.15) is 25.5 Å². The third kappa shape index (κ3) is 6.57. The summed E-state index contributed by atoms with van der Waals surface area (Å²) in [7, 11) is 4.02. The van der Waals surface area contributed by atoms with Gasteiger partial charge in [0.2, 0.25) is 0 Å². The van der Waals surface area contributed by atoms with Gasteiger partial charge in [-0.25, -0.2) is 0 Å². The van der Waals surface area contributed by atoms with Gasteiger partial charge < -0.3 is 15.5 Å². The molecule has 2 unspecified atom stereocenters. The van der Waals surface area contributed by atoms with Gasteiger partial charge in [-0.1, -0.05) is 30.3 Å². The first-order valence-corrected chi connectivity index (χ1v) is 8.55. The van der Waals surface area contributed by atoms with Crippen molar-refractivity contribution in [3.05, 3.63) is 35.9 Å². The Balaban J connectivity index is 0.00000288. The molecule has 2 atom stereocenters. The van der Waals surface area contributed by atoms with E-state index < -0.39 is 0 Å². The molecule has 1 aliphatic rings. The highest BCUT2D eigenvalue weighted by Gasteiger charge is 2.19. The number of hydrogen-bond acceptors (Lipinski definition) is 3. The van der Waals surface area contributed by atoms with Crippen LogP contribution in [0.3, 0.4) is 0 Å². The standard InChI is InChI=1S/C18H31N5.HI/c1-15(23-12-10-22(4)11-13-23)14-20-18(19-3)21-16(2)17-8-6-5-7-9-17;/h5-9,15-16H,10-14H2,1-4H3,(H2,19,20,21);1H. The lowest BCUT2D eigenvalue weighted by molar-refractivity contribution is 0.120. The highest BCUT2D eigenvalue weighted by molar-refractivity contribution is 14.0. The maximum atomic E-state index is 4.35. The van der Waals surface area contributed by atoms with Crippen molar-refractivity contribution in [2.24, 2.45) is 4.99 Å². The second-order valence-corrected chi connectivity index (χ2v) is 6.42. The molecule has 1 aromatic carbocycles. The van der Waals surface area contributed by atoms with Crippen molar-refractivity contribution >= 4 is 29.9 Å². The van der Waals surface area contributed by atoms with Gasteiger partial charge in [0.05, 0.1) is 6.04 Å². The number of hydrogen-bond donors (Lipinski definition) is 2. The van der Waals surface area contributed by atoms with E-state index in [1.54, 1.807) is 0 Å². The first-order valence-electron chi connectivity index (χ1n) is 8.55. The van der Waals surface area contributed by atoms with E-state index in [4.69, 9.17) is 0 Å². The Morgan fingerprint density at radius 2 is 1.75 bits per heavy atom. The fourth-order valence-electron chi connectivity index (χ4n) is 2.86. The molecular weight excluding hydrogens is 413 g/mol. The molecule has 1 aromatic rings. The number of guanidine groups is 1. The Labute approximate surface area is 163 Å². The van der Waals surface area contributed by atoms with Crippen LogP contribution in [0.5, 0.6) is 0 Å². The van der Waals surface area contributed by atoms with E-state index in [2.05, 4.69) is 70.6 Å². The molecule has 136 valence electrons. The normalized spacial score (nSPS) is 19.2. The second kappa shape index (κ2) is 10.9. The Bertz CT molecular complexity index is 485. The van der Waals surface area contributed by atoms with Gasteiger partial charge in [0.25, 0.3) is 0 Å². The first kappa shape index (κ1) is 21.2. The molecule has 0 spiro atoms. The van der Waals surface area contributed by atoms with Crippen LogP contribution in [-0.2, 0) is 0 Å². The summed E-state index contributed by atoms with van der Waals surface area (Å²) >= 11 is 0. The first-order chi connectivity index (χ1) is 11.1. The molecule has 1 saturated heterocycles. The zero-order valence-electron chi connectivity index (χ0n) is 15.3. The van der Waals surface area contributed by atoms with E-state index in [0.29, 0.717) is 6.04 Å². The van der Waals surface area contributed by atoms with Crippen LogP contribution in [0.2, 0.25) is 0 Å². The summed E-state index contributed by atoms with van der Waals surface area (Å²) in [4.78, 5) is 9.28. The molecule has 1 aliphatic heterocycles. The summed E-state index contributed by atoms with van der Waals surface area (Å²) in [6.45, 7) is 9.95. The van der Waals surface area contributed by atoms with Crippen LogP contribution in [0, 0.1) is 0 Å². The topological polar surface area (TPSA) is 42.9 Å². The minimum Gasteiger partial charge on any atom is -0.355 e. The monoisotopic (exact) mass is 445 g/mol. The van der Waals surface area contributed by atoms with Crippen LogP contribution in [-0.4, -0.2) is 68.6 Å². The Hall–Kier alpha value is -0.860. The average molecular weight is 445 g/mol. The molecule has 0 aromatic heterocycles. The molecule has 1 fully saturated rings. The zero-order valence-corrected chi connectivity index (χ0v) is 17.7. The van der Waals surface area contributed by atoms with Crippen LogP contribution in [0.15, 0.2) is 35.3 Å². The summed E-state index contributed by atoms with van der Waals surface area (Å²) in [5.74, 6) is 0.863. The molecule has 1 heterocycles. The van der Waals surface area contributed by atoms with Crippen LogP contribution < -0.4 is 10.6 Å². The van der Waals surface area contributed by atoms with Gasteiger partial charge in [-0.3, -0.25) is 9.89 Å². The number of nitrogens with one attached hydrogen (secondary N) is 2. The van der Waals surface area contributed by atoms with Gasteiger partial charge in [-0.2, -0.15) is 0 Å². The van der Waals surface area contributed by atoms with Gasteiger partial charge in [-0.05, 0) is 26.5 Å². The summed E-state index contributed by atoms with van der Waals surface area (Å²) < 4.78 is 0. The lowest BCUT2D eigenvalue weighted by Gasteiger charge is -2.36. The van der Waals surface area contributed by atoms with Gasteiger partial charge in [0.1, 0.15) is 0 Å². The largest absolute Gasteiger partial charge is 0.355 e. The van der Waals surface area contributed by atoms with Crippen LogP contribution >= 0.6 is 24.0 Å². The van der Waals surface area contributed by atoms with E-state index in [0.717, 1.165) is 38.7 Å². The van der Waals surface area contributed by atoms with Crippen molar-refractivity contribution in [1.82, 2.24) is 20.4 Å². The lowest BCUT2D eigenvalue weighted by atomic mass is 10.1. The third-order valence-electron chi connectivity index (χ3n) is 4.60. The number of rotatable bonds is 5. The fourth-order valence-corrected chi connectivity index (χ4v) is 2.86. The molecule has 0 aliphatic carbocycles. The Kier molecular flexibility index (Phi) is 9.61. The number of benzene rings is 1. The summed E-state index contributed by atoms with van der Waals surface area (Å²) in [6.07, 6.45) is 0. The van der Waals surface area contributed by atoms with Gasteiger partial charge in [0.15, 0.2) is 5.96 Å². The molecule has 2 N–H and O–H groups in total. The van der Waals surface area contributed by atoms with Crippen molar-refractivity contribution in [3.8, 4) is 0 Å². The predicted molar refractivity (Wildman–Crippen MR) is 113 cm³/mol. The van der Waals surface area contributed by atoms with Crippen LogP contribution in [0.25, 0.3) is 0 Å².